The third kappa shape index (κ3) is 5.00. The first-order valence-electron chi connectivity index (χ1n) is 10.3. The zero-order valence-electron chi connectivity index (χ0n) is 17.1. The minimum atomic E-state index is 0.0468. The van der Waals surface area contributed by atoms with Crippen molar-refractivity contribution in [3.05, 3.63) is 23.8 Å². The zero-order chi connectivity index (χ0) is 19.9. The monoisotopic (exact) mass is 405 g/mol. The highest BCUT2D eigenvalue weighted by Gasteiger charge is 2.30. The summed E-state index contributed by atoms with van der Waals surface area (Å²) < 4.78 is 11.1. The van der Waals surface area contributed by atoms with E-state index in [0.717, 1.165) is 43.1 Å². The van der Waals surface area contributed by atoms with Crippen molar-refractivity contribution in [1.29, 1.82) is 0 Å². The first-order chi connectivity index (χ1) is 13.7. The molecular formula is C21H31N3O3S. The van der Waals surface area contributed by atoms with E-state index in [4.69, 9.17) is 14.6 Å². The molecule has 1 saturated heterocycles. The van der Waals surface area contributed by atoms with Gasteiger partial charge in [-0.1, -0.05) is 25.1 Å². The van der Waals surface area contributed by atoms with Gasteiger partial charge in [-0.25, -0.2) is 5.01 Å². The summed E-state index contributed by atoms with van der Waals surface area (Å²) in [5.41, 5.74) is 1.92. The Morgan fingerprint density at radius 3 is 2.61 bits per heavy atom. The summed E-state index contributed by atoms with van der Waals surface area (Å²) in [4.78, 5) is 15.0. The van der Waals surface area contributed by atoms with Crippen LogP contribution >= 0.6 is 11.8 Å². The SMILES string of the molecule is CCOc1ccc(C2=NN(CCN3CCCCC3)C(=O)SC2CC)cc1OC. The van der Waals surface area contributed by atoms with Gasteiger partial charge in [0.05, 0.1) is 31.2 Å². The third-order valence-electron chi connectivity index (χ3n) is 5.19. The number of piperidine rings is 1. The summed E-state index contributed by atoms with van der Waals surface area (Å²) in [6.07, 6.45) is 4.67. The molecule has 1 aromatic rings. The molecule has 1 amide bonds. The normalized spacial score (nSPS) is 20.8. The van der Waals surface area contributed by atoms with Crippen LogP contribution in [0.4, 0.5) is 4.79 Å². The first kappa shape index (κ1) is 21.0. The Morgan fingerprint density at radius 1 is 1.14 bits per heavy atom. The van der Waals surface area contributed by atoms with Gasteiger partial charge in [0.1, 0.15) is 0 Å². The van der Waals surface area contributed by atoms with E-state index in [1.807, 2.05) is 25.1 Å². The van der Waals surface area contributed by atoms with Crippen molar-refractivity contribution < 1.29 is 14.3 Å². The second-order valence-corrected chi connectivity index (χ2v) is 8.24. The van der Waals surface area contributed by atoms with Gasteiger partial charge in [-0.3, -0.25) is 4.79 Å². The number of carbonyl (C=O) groups excluding carboxylic acids is 1. The lowest BCUT2D eigenvalue weighted by molar-refractivity contribution is 0.189. The van der Waals surface area contributed by atoms with Gasteiger partial charge in [-0.15, -0.1) is 0 Å². The number of nitrogens with zero attached hydrogens (tertiary/aromatic N) is 3. The number of carbonyl (C=O) groups is 1. The summed E-state index contributed by atoms with van der Waals surface area (Å²) in [6, 6.07) is 5.89. The summed E-state index contributed by atoms with van der Waals surface area (Å²) in [7, 11) is 1.64. The number of likely N-dealkylation sites (tertiary alicyclic amines) is 1. The van der Waals surface area contributed by atoms with Crippen molar-refractivity contribution in [3.63, 3.8) is 0 Å². The van der Waals surface area contributed by atoms with E-state index in [-0.39, 0.29) is 10.5 Å². The predicted octanol–water partition coefficient (Wildman–Crippen LogP) is 4.23. The molecule has 2 aliphatic rings. The van der Waals surface area contributed by atoms with E-state index in [1.165, 1.54) is 31.0 Å². The average molecular weight is 406 g/mol. The number of rotatable bonds is 8. The minimum Gasteiger partial charge on any atom is -0.493 e. The van der Waals surface area contributed by atoms with Crippen LogP contribution in [0.5, 0.6) is 11.5 Å². The Bertz CT molecular complexity index is 704. The summed E-state index contributed by atoms with van der Waals surface area (Å²) in [5.74, 6) is 1.42. The maximum absolute atomic E-state index is 12.6. The minimum absolute atomic E-state index is 0.0468. The molecule has 6 nitrogen and oxygen atoms in total. The second-order valence-electron chi connectivity index (χ2n) is 7.09. The van der Waals surface area contributed by atoms with Crippen LogP contribution in [0, 0.1) is 0 Å². The highest BCUT2D eigenvalue weighted by Crippen LogP contribution is 2.33. The number of thioether (sulfide) groups is 1. The summed E-state index contributed by atoms with van der Waals surface area (Å²) in [6.45, 7) is 8.40. The van der Waals surface area contributed by atoms with Crippen LogP contribution in [-0.2, 0) is 0 Å². The Morgan fingerprint density at radius 2 is 1.93 bits per heavy atom. The number of amides is 1. The molecule has 0 spiro atoms. The molecule has 28 heavy (non-hydrogen) atoms. The lowest BCUT2D eigenvalue weighted by Gasteiger charge is -2.31. The maximum Gasteiger partial charge on any atom is 0.302 e. The topological polar surface area (TPSA) is 54.4 Å². The number of ether oxygens (including phenoxy) is 2. The molecule has 1 fully saturated rings. The largest absolute Gasteiger partial charge is 0.493 e. The maximum atomic E-state index is 12.6. The van der Waals surface area contributed by atoms with Gasteiger partial charge in [-0.05, 0) is 57.5 Å². The summed E-state index contributed by atoms with van der Waals surface area (Å²) >= 11 is 1.38. The van der Waals surface area contributed by atoms with Crippen LogP contribution < -0.4 is 9.47 Å². The number of methoxy groups -OCH3 is 1. The van der Waals surface area contributed by atoms with Crippen molar-refractivity contribution in [1.82, 2.24) is 9.91 Å². The van der Waals surface area contributed by atoms with Gasteiger partial charge < -0.3 is 14.4 Å². The van der Waals surface area contributed by atoms with Crippen LogP contribution in [0.15, 0.2) is 23.3 Å². The third-order valence-corrected chi connectivity index (χ3v) is 6.45. The molecule has 0 N–H and O–H groups in total. The Kier molecular flexibility index (Phi) is 7.62. The predicted molar refractivity (Wildman–Crippen MR) is 115 cm³/mol. The molecule has 7 heteroatoms. The lowest BCUT2D eigenvalue weighted by Crippen LogP contribution is -2.41. The Labute approximate surface area is 172 Å². The smallest absolute Gasteiger partial charge is 0.302 e. The molecular weight excluding hydrogens is 374 g/mol. The van der Waals surface area contributed by atoms with Crippen LogP contribution in [0.3, 0.4) is 0 Å². The molecule has 154 valence electrons. The number of hydrazone groups is 1. The van der Waals surface area contributed by atoms with Gasteiger partial charge in [-0.2, -0.15) is 5.10 Å². The highest BCUT2D eigenvalue weighted by molar-refractivity contribution is 8.14. The van der Waals surface area contributed by atoms with E-state index in [2.05, 4.69) is 11.8 Å². The van der Waals surface area contributed by atoms with Crippen LogP contribution in [0.2, 0.25) is 0 Å². The molecule has 1 aromatic carbocycles. The van der Waals surface area contributed by atoms with E-state index in [0.29, 0.717) is 18.9 Å². The quantitative estimate of drug-likeness (QED) is 0.648. The van der Waals surface area contributed by atoms with Gasteiger partial charge in [0.2, 0.25) is 0 Å². The molecule has 3 rings (SSSR count). The van der Waals surface area contributed by atoms with E-state index < -0.39 is 0 Å². The standard InChI is InChI=1S/C21H31N3O3S/c1-4-19-20(16-9-10-17(27-5-2)18(15-16)26-3)22-24(21(25)28-19)14-13-23-11-7-6-8-12-23/h9-10,15,19H,4-8,11-14H2,1-3H3. The molecule has 0 radical (unpaired) electrons. The molecule has 0 aliphatic carbocycles. The van der Waals surface area contributed by atoms with Crippen LogP contribution in [0.25, 0.3) is 0 Å². The van der Waals surface area contributed by atoms with Crippen molar-refractivity contribution in [2.24, 2.45) is 5.10 Å². The van der Waals surface area contributed by atoms with Gasteiger partial charge in [0.15, 0.2) is 11.5 Å². The van der Waals surface area contributed by atoms with Crippen molar-refractivity contribution >= 4 is 22.7 Å². The highest BCUT2D eigenvalue weighted by atomic mass is 32.2. The van der Waals surface area contributed by atoms with Crippen molar-refractivity contribution in [2.75, 3.05) is 39.9 Å². The van der Waals surface area contributed by atoms with E-state index >= 15 is 0 Å². The fourth-order valence-electron chi connectivity index (χ4n) is 3.66. The molecule has 2 aliphatic heterocycles. The van der Waals surface area contributed by atoms with Crippen LogP contribution in [-0.4, -0.2) is 66.0 Å². The van der Waals surface area contributed by atoms with Crippen LogP contribution in [0.1, 0.15) is 45.1 Å². The lowest BCUT2D eigenvalue weighted by atomic mass is 10.0. The number of hydrogen-bond acceptors (Lipinski definition) is 6. The Balaban J connectivity index is 1.80. The molecule has 0 saturated carbocycles. The Hall–Kier alpha value is -1.73. The van der Waals surface area contributed by atoms with Gasteiger partial charge in [0, 0.05) is 12.1 Å². The second kappa shape index (κ2) is 10.2. The van der Waals surface area contributed by atoms with Crippen molar-refractivity contribution in [3.8, 4) is 11.5 Å². The van der Waals surface area contributed by atoms with Crippen molar-refractivity contribution in [2.45, 2.75) is 44.8 Å². The van der Waals surface area contributed by atoms with E-state index in [1.54, 1.807) is 12.1 Å². The van der Waals surface area contributed by atoms with Gasteiger partial charge >= 0.3 is 5.24 Å². The molecule has 2 heterocycles. The number of hydrogen-bond donors (Lipinski definition) is 0. The summed E-state index contributed by atoms with van der Waals surface area (Å²) in [5, 5.41) is 6.52. The molecule has 0 bridgehead atoms. The number of benzene rings is 1. The average Bonchev–Trinajstić information content (AvgIpc) is 2.74. The first-order valence-corrected chi connectivity index (χ1v) is 11.1. The van der Waals surface area contributed by atoms with E-state index in [9.17, 15) is 4.79 Å². The zero-order valence-corrected chi connectivity index (χ0v) is 18.0. The fourth-order valence-corrected chi connectivity index (χ4v) is 4.61. The fraction of sp³-hybridized carbons (Fsp3) is 0.619. The molecule has 0 aromatic heterocycles. The molecule has 1 atom stereocenters. The molecule has 1 unspecified atom stereocenters. The van der Waals surface area contributed by atoms with Gasteiger partial charge in [0.25, 0.3) is 0 Å².